The van der Waals surface area contributed by atoms with Crippen LogP contribution in [0, 0.1) is 6.92 Å². The number of nitrogens with zero attached hydrogens (tertiary/aromatic N) is 1. The number of carbonyl (C=O) groups excluding carboxylic acids is 1. The fourth-order valence-corrected chi connectivity index (χ4v) is 2.87. The Hall–Kier alpha value is -1.69. The van der Waals surface area contributed by atoms with E-state index in [9.17, 15) is 9.59 Å². The molecule has 1 aliphatic rings. The number of urea groups is 1. The van der Waals surface area contributed by atoms with E-state index in [2.05, 4.69) is 5.32 Å². The van der Waals surface area contributed by atoms with Gasteiger partial charge < -0.3 is 15.3 Å². The van der Waals surface area contributed by atoms with Gasteiger partial charge in [-0.25, -0.2) is 9.59 Å². The number of hydrogen-bond acceptors (Lipinski definition) is 3. The number of anilines is 1. The molecule has 0 aliphatic carbocycles. The second-order valence-corrected chi connectivity index (χ2v) is 5.56. The van der Waals surface area contributed by atoms with Gasteiger partial charge in [-0.15, -0.1) is 0 Å². The molecule has 1 fully saturated rings. The van der Waals surface area contributed by atoms with Gasteiger partial charge in [0, 0.05) is 24.6 Å². The van der Waals surface area contributed by atoms with Crippen LogP contribution < -0.4 is 5.32 Å². The number of para-hydroxylation sites is 1. The van der Waals surface area contributed by atoms with E-state index in [0.717, 1.165) is 17.1 Å². The van der Waals surface area contributed by atoms with Crippen LogP contribution >= 0.6 is 11.8 Å². The number of thioether (sulfide) groups is 1. The third kappa shape index (κ3) is 3.20. The van der Waals surface area contributed by atoms with Crippen LogP contribution in [-0.4, -0.2) is 46.6 Å². The van der Waals surface area contributed by atoms with Gasteiger partial charge in [-0.05, 0) is 18.6 Å². The highest BCUT2D eigenvalue weighted by Crippen LogP contribution is 2.21. The van der Waals surface area contributed by atoms with Crippen molar-refractivity contribution >= 4 is 29.4 Å². The molecule has 2 N–H and O–H groups in total. The van der Waals surface area contributed by atoms with E-state index in [4.69, 9.17) is 5.11 Å². The first-order chi connectivity index (χ1) is 9.09. The largest absolute Gasteiger partial charge is 0.478 e. The molecule has 2 amide bonds. The van der Waals surface area contributed by atoms with Crippen molar-refractivity contribution in [1.82, 2.24) is 4.90 Å². The average molecular weight is 280 g/mol. The van der Waals surface area contributed by atoms with Crippen LogP contribution in [0.4, 0.5) is 10.5 Å². The van der Waals surface area contributed by atoms with Crippen molar-refractivity contribution in [3.63, 3.8) is 0 Å². The van der Waals surface area contributed by atoms with Gasteiger partial charge in [0.2, 0.25) is 0 Å². The zero-order chi connectivity index (χ0) is 13.8. The molecule has 1 aromatic carbocycles. The molecule has 0 spiro atoms. The van der Waals surface area contributed by atoms with E-state index in [0.29, 0.717) is 18.8 Å². The number of carboxylic acid groups (broad SMARTS) is 1. The van der Waals surface area contributed by atoms with Crippen LogP contribution in [-0.2, 0) is 0 Å². The molecule has 0 atom stereocenters. The van der Waals surface area contributed by atoms with Gasteiger partial charge >= 0.3 is 12.0 Å². The number of carbonyl (C=O) groups is 2. The molecule has 5 nitrogen and oxygen atoms in total. The van der Waals surface area contributed by atoms with Crippen molar-refractivity contribution in [2.24, 2.45) is 0 Å². The maximum atomic E-state index is 12.1. The molecule has 0 unspecified atom stereocenters. The van der Waals surface area contributed by atoms with Crippen LogP contribution in [0.1, 0.15) is 15.9 Å². The highest BCUT2D eigenvalue weighted by atomic mass is 32.2. The quantitative estimate of drug-likeness (QED) is 0.872. The monoisotopic (exact) mass is 280 g/mol. The van der Waals surface area contributed by atoms with E-state index in [1.807, 2.05) is 11.8 Å². The van der Waals surface area contributed by atoms with E-state index in [1.165, 1.54) is 6.07 Å². The van der Waals surface area contributed by atoms with Gasteiger partial charge in [-0.3, -0.25) is 0 Å². The van der Waals surface area contributed by atoms with Gasteiger partial charge in [0.25, 0.3) is 0 Å². The second kappa shape index (κ2) is 5.97. The van der Waals surface area contributed by atoms with Gasteiger partial charge in [0.1, 0.15) is 0 Å². The van der Waals surface area contributed by atoms with Gasteiger partial charge in [-0.2, -0.15) is 11.8 Å². The summed E-state index contributed by atoms with van der Waals surface area (Å²) in [6.45, 7) is 3.18. The van der Waals surface area contributed by atoms with E-state index in [-0.39, 0.29) is 11.6 Å². The first-order valence-electron chi connectivity index (χ1n) is 6.06. The lowest BCUT2D eigenvalue weighted by Crippen LogP contribution is -2.41. The van der Waals surface area contributed by atoms with E-state index in [1.54, 1.807) is 24.0 Å². The Balaban J connectivity index is 2.18. The van der Waals surface area contributed by atoms with Crippen molar-refractivity contribution < 1.29 is 14.7 Å². The Bertz CT molecular complexity index is 499. The van der Waals surface area contributed by atoms with Crippen molar-refractivity contribution in [2.45, 2.75) is 6.92 Å². The molecular weight excluding hydrogens is 264 g/mol. The summed E-state index contributed by atoms with van der Waals surface area (Å²) in [4.78, 5) is 25.0. The normalized spacial score (nSPS) is 15.1. The summed E-state index contributed by atoms with van der Waals surface area (Å²) in [5.74, 6) is 0.813. The average Bonchev–Trinajstić information content (AvgIpc) is 2.41. The third-order valence-corrected chi connectivity index (χ3v) is 3.98. The number of aryl methyl sites for hydroxylation is 1. The van der Waals surface area contributed by atoms with Crippen molar-refractivity contribution in [3.05, 3.63) is 29.3 Å². The number of aromatic carboxylic acids is 1. The summed E-state index contributed by atoms with van der Waals surface area (Å²) in [5, 5.41) is 11.9. The number of nitrogens with one attached hydrogen (secondary N) is 1. The SMILES string of the molecule is Cc1cccc(C(=O)O)c1NC(=O)N1CCSCC1. The standard InChI is InChI=1S/C13H16N2O3S/c1-9-3-2-4-10(12(16)17)11(9)14-13(18)15-5-7-19-8-6-15/h2-4H,5-8H2,1H3,(H,14,18)(H,16,17). The Labute approximate surface area is 116 Å². The molecule has 0 bridgehead atoms. The fraction of sp³-hybridized carbons (Fsp3) is 0.385. The number of carboxylic acids is 1. The van der Waals surface area contributed by atoms with E-state index < -0.39 is 5.97 Å². The van der Waals surface area contributed by atoms with Crippen LogP contribution in [0.3, 0.4) is 0 Å². The predicted octanol–water partition coefficient (Wildman–Crippen LogP) is 2.27. The molecule has 1 heterocycles. The van der Waals surface area contributed by atoms with Crippen LogP contribution in [0.5, 0.6) is 0 Å². The highest BCUT2D eigenvalue weighted by molar-refractivity contribution is 7.99. The molecule has 0 saturated carbocycles. The minimum Gasteiger partial charge on any atom is -0.478 e. The van der Waals surface area contributed by atoms with Gasteiger partial charge in [0.05, 0.1) is 11.3 Å². The number of benzene rings is 1. The van der Waals surface area contributed by atoms with Gasteiger partial charge in [-0.1, -0.05) is 12.1 Å². The molecule has 1 aromatic rings. The number of hydrogen-bond donors (Lipinski definition) is 2. The lowest BCUT2D eigenvalue weighted by Gasteiger charge is -2.27. The Morgan fingerprint density at radius 1 is 1.32 bits per heavy atom. The van der Waals surface area contributed by atoms with Crippen LogP contribution in [0.15, 0.2) is 18.2 Å². The third-order valence-electron chi connectivity index (χ3n) is 3.03. The molecular formula is C13H16N2O3S. The topological polar surface area (TPSA) is 69.6 Å². The zero-order valence-electron chi connectivity index (χ0n) is 10.7. The summed E-state index contributed by atoms with van der Waals surface area (Å²) in [5.41, 5.74) is 1.26. The lowest BCUT2D eigenvalue weighted by molar-refractivity contribution is 0.0698. The molecule has 1 aliphatic heterocycles. The maximum absolute atomic E-state index is 12.1. The molecule has 0 aromatic heterocycles. The number of rotatable bonds is 2. The first-order valence-corrected chi connectivity index (χ1v) is 7.21. The van der Waals surface area contributed by atoms with Crippen molar-refractivity contribution in [1.29, 1.82) is 0 Å². The Kier molecular flexibility index (Phi) is 4.31. The van der Waals surface area contributed by atoms with Gasteiger partial charge in [0.15, 0.2) is 0 Å². The lowest BCUT2D eigenvalue weighted by atomic mass is 10.1. The number of amides is 2. The molecule has 0 radical (unpaired) electrons. The summed E-state index contributed by atoms with van der Waals surface area (Å²) in [6, 6.07) is 4.73. The Morgan fingerprint density at radius 3 is 2.63 bits per heavy atom. The summed E-state index contributed by atoms with van der Waals surface area (Å²) in [7, 11) is 0. The second-order valence-electron chi connectivity index (χ2n) is 4.33. The predicted molar refractivity (Wildman–Crippen MR) is 76.1 cm³/mol. The molecule has 2 rings (SSSR count). The Morgan fingerprint density at radius 2 is 2.00 bits per heavy atom. The molecule has 19 heavy (non-hydrogen) atoms. The molecule has 102 valence electrons. The maximum Gasteiger partial charge on any atom is 0.337 e. The smallest absolute Gasteiger partial charge is 0.337 e. The summed E-state index contributed by atoms with van der Waals surface area (Å²) < 4.78 is 0. The minimum atomic E-state index is -1.03. The fourth-order valence-electron chi connectivity index (χ4n) is 1.96. The minimum absolute atomic E-state index is 0.125. The molecule has 6 heteroatoms. The van der Waals surface area contributed by atoms with E-state index >= 15 is 0 Å². The van der Waals surface area contributed by atoms with Crippen molar-refractivity contribution in [2.75, 3.05) is 29.9 Å². The van der Waals surface area contributed by atoms with Crippen LogP contribution in [0.25, 0.3) is 0 Å². The first kappa shape index (κ1) is 13.7. The molecule has 1 saturated heterocycles. The summed E-state index contributed by atoms with van der Waals surface area (Å²) in [6.07, 6.45) is 0. The van der Waals surface area contributed by atoms with Crippen LogP contribution in [0.2, 0.25) is 0 Å². The summed E-state index contributed by atoms with van der Waals surface area (Å²) >= 11 is 1.82. The zero-order valence-corrected chi connectivity index (χ0v) is 11.5. The van der Waals surface area contributed by atoms with Crippen molar-refractivity contribution in [3.8, 4) is 0 Å². The highest BCUT2D eigenvalue weighted by Gasteiger charge is 2.20.